The summed E-state index contributed by atoms with van der Waals surface area (Å²) in [7, 11) is 0. The molecule has 3 heteroatoms. The molecule has 1 N–H and O–H groups in total. The van der Waals surface area contributed by atoms with Gasteiger partial charge in [0.05, 0.1) is 17.3 Å². The van der Waals surface area contributed by atoms with E-state index >= 15 is 0 Å². The number of aliphatic hydroxyl groups is 1. The first-order chi connectivity index (χ1) is 10.5. The summed E-state index contributed by atoms with van der Waals surface area (Å²) < 4.78 is 6.53. The van der Waals surface area contributed by atoms with E-state index in [1.54, 1.807) is 0 Å². The van der Waals surface area contributed by atoms with E-state index in [0.29, 0.717) is 24.5 Å². The summed E-state index contributed by atoms with van der Waals surface area (Å²) in [6.45, 7) is 14.5. The van der Waals surface area contributed by atoms with Crippen LogP contribution in [0.3, 0.4) is 0 Å². The van der Waals surface area contributed by atoms with Crippen molar-refractivity contribution >= 4 is 5.78 Å². The molecule has 0 bridgehead atoms. The first-order valence-corrected chi connectivity index (χ1v) is 9.04. The molecule has 1 saturated heterocycles. The van der Waals surface area contributed by atoms with Gasteiger partial charge < -0.3 is 9.84 Å². The third-order valence-corrected chi connectivity index (χ3v) is 7.46. The number of ketones is 1. The standard InChI is InChI=1S/C20H32O3/c1-7-18(4)10-8-14-19(5)11-9-15(22)17(2,3)16(19)13(21)12-20(14,6)23-18/h7,13-14,16,21H,1,8-12H2,2-6H3/t13-,14+,16-,18+,19+,20+/m1/s1. The maximum atomic E-state index is 12.5. The van der Waals surface area contributed by atoms with Gasteiger partial charge in [-0.25, -0.2) is 0 Å². The monoisotopic (exact) mass is 320 g/mol. The van der Waals surface area contributed by atoms with E-state index in [1.807, 2.05) is 19.9 Å². The number of ether oxygens (including phenoxy) is 1. The molecular weight excluding hydrogens is 288 g/mol. The Bertz CT molecular complexity index is 539. The van der Waals surface area contributed by atoms with Gasteiger partial charge in [0.1, 0.15) is 5.78 Å². The maximum Gasteiger partial charge on any atom is 0.138 e. The molecule has 0 unspecified atom stereocenters. The Morgan fingerprint density at radius 1 is 1.22 bits per heavy atom. The number of hydrogen-bond donors (Lipinski definition) is 1. The van der Waals surface area contributed by atoms with E-state index in [4.69, 9.17) is 4.74 Å². The highest BCUT2D eigenvalue weighted by molar-refractivity contribution is 5.85. The molecule has 2 aliphatic carbocycles. The fourth-order valence-corrected chi connectivity index (χ4v) is 6.45. The lowest BCUT2D eigenvalue weighted by Crippen LogP contribution is -2.67. The number of Topliss-reactive ketones (excluding diaryl/α,β-unsaturated/α-hetero) is 1. The normalized spacial score (nSPS) is 52.4. The van der Waals surface area contributed by atoms with Crippen molar-refractivity contribution in [3.63, 3.8) is 0 Å². The quantitative estimate of drug-likeness (QED) is 0.746. The Kier molecular flexibility index (Phi) is 3.67. The van der Waals surface area contributed by atoms with Gasteiger partial charge in [0.15, 0.2) is 0 Å². The van der Waals surface area contributed by atoms with Gasteiger partial charge >= 0.3 is 0 Å². The Morgan fingerprint density at radius 2 is 1.87 bits per heavy atom. The average molecular weight is 320 g/mol. The van der Waals surface area contributed by atoms with Crippen molar-refractivity contribution < 1.29 is 14.6 Å². The van der Waals surface area contributed by atoms with Crippen LogP contribution in [0.1, 0.15) is 66.7 Å². The summed E-state index contributed by atoms with van der Waals surface area (Å²) in [5.74, 6) is 0.699. The molecule has 0 aromatic rings. The van der Waals surface area contributed by atoms with E-state index in [9.17, 15) is 9.90 Å². The minimum atomic E-state index is -0.493. The zero-order valence-electron chi connectivity index (χ0n) is 15.3. The maximum absolute atomic E-state index is 12.5. The minimum absolute atomic E-state index is 0.0195. The molecule has 3 fully saturated rings. The molecule has 23 heavy (non-hydrogen) atoms. The molecule has 0 spiro atoms. The fraction of sp³-hybridized carbons (Fsp3) is 0.850. The van der Waals surface area contributed by atoms with Gasteiger partial charge in [0.2, 0.25) is 0 Å². The van der Waals surface area contributed by atoms with E-state index in [0.717, 1.165) is 19.3 Å². The molecular formula is C20H32O3. The van der Waals surface area contributed by atoms with Gasteiger partial charge in [-0.3, -0.25) is 4.79 Å². The molecule has 6 atom stereocenters. The summed E-state index contributed by atoms with van der Waals surface area (Å²) in [5.41, 5.74) is -1.16. The molecule has 1 aliphatic heterocycles. The first-order valence-electron chi connectivity index (χ1n) is 9.04. The van der Waals surface area contributed by atoms with Crippen molar-refractivity contribution in [2.45, 2.75) is 84.0 Å². The predicted molar refractivity (Wildman–Crippen MR) is 91.1 cm³/mol. The molecule has 0 aromatic heterocycles. The van der Waals surface area contributed by atoms with Crippen molar-refractivity contribution in [2.75, 3.05) is 0 Å². The van der Waals surface area contributed by atoms with Gasteiger partial charge in [0, 0.05) is 24.2 Å². The molecule has 0 aromatic carbocycles. The minimum Gasteiger partial charge on any atom is -0.393 e. The summed E-state index contributed by atoms with van der Waals surface area (Å²) in [4.78, 5) is 12.5. The first kappa shape index (κ1) is 17.2. The highest BCUT2D eigenvalue weighted by atomic mass is 16.5. The van der Waals surface area contributed by atoms with Crippen LogP contribution in [0.2, 0.25) is 0 Å². The second kappa shape index (κ2) is 4.92. The third kappa shape index (κ3) is 2.26. The molecule has 1 heterocycles. The van der Waals surface area contributed by atoms with E-state index in [2.05, 4.69) is 27.4 Å². The van der Waals surface area contributed by atoms with Crippen LogP contribution in [0.5, 0.6) is 0 Å². The van der Waals surface area contributed by atoms with Crippen molar-refractivity contribution in [3.8, 4) is 0 Å². The Morgan fingerprint density at radius 3 is 2.48 bits per heavy atom. The molecule has 130 valence electrons. The summed E-state index contributed by atoms with van der Waals surface area (Å²) in [6, 6.07) is 0. The highest BCUT2D eigenvalue weighted by Gasteiger charge is 2.65. The van der Waals surface area contributed by atoms with E-state index < -0.39 is 11.5 Å². The van der Waals surface area contributed by atoms with E-state index in [1.165, 1.54) is 0 Å². The van der Waals surface area contributed by atoms with Gasteiger partial charge in [-0.05, 0) is 44.4 Å². The lowest BCUT2D eigenvalue weighted by molar-refractivity contribution is -0.273. The SMILES string of the molecule is C=C[C@@]1(C)CC[C@H]2[C@]3(C)CCC(=O)C(C)(C)[C@H]3[C@H](O)C[C@]2(C)O1. The molecule has 0 amide bonds. The number of rotatable bonds is 1. The van der Waals surface area contributed by atoms with Crippen molar-refractivity contribution in [2.24, 2.45) is 22.7 Å². The molecule has 2 saturated carbocycles. The van der Waals surface area contributed by atoms with Crippen LogP contribution in [0.25, 0.3) is 0 Å². The van der Waals surface area contributed by atoms with Crippen LogP contribution < -0.4 is 0 Å². The average Bonchev–Trinajstić information content (AvgIpc) is 2.41. The lowest BCUT2D eigenvalue weighted by Gasteiger charge is -2.65. The molecule has 3 aliphatic rings. The second-order valence-electron chi connectivity index (χ2n) is 9.42. The van der Waals surface area contributed by atoms with Crippen molar-refractivity contribution in [1.82, 2.24) is 0 Å². The number of fused-ring (bicyclic) bond motifs is 3. The van der Waals surface area contributed by atoms with Crippen LogP contribution in [0.15, 0.2) is 12.7 Å². The largest absolute Gasteiger partial charge is 0.393 e. The Balaban J connectivity index is 2.03. The van der Waals surface area contributed by atoms with Crippen molar-refractivity contribution in [1.29, 1.82) is 0 Å². The van der Waals surface area contributed by atoms with Gasteiger partial charge in [0.25, 0.3) is 0 Å². The van der Waals surface area contributed by atoms with Crippen LogP contribution in [-0.4, -0.2) is 28.2 Å². The van der Waals surface area contributed by atoms with Gasteiger partial charge in [-0.1, -0.05) is 26.8 Å². The zero-order valence-corrected chi connectivity index (χ0v) is 15.3. The number of carbonyl (C=O) groups is 1. The number of aliphatic hydroxyl groups excluding tert-OH is 1. The van der Waals surface area contributed by atoms with Crippen LogP contribution in [0.4, 0.5) is 0 Å². The van der Waals surface area contributed by atoms with Crippen LogP contribution in [0, 0.1) is 22.7 Å². The third-order valence-electron chi connectivity index (χ3n) is 7.46. The molecule has 0 radical (unpaired) electrons. The summed E-state index contributed by atoms with van der Waals surface area (Å²) in [5, 5.41) is 11.0. The van der Waals surface area contributed by atoms with Gasteiger partial charge in [-0.15, -0.1) is 6.58 Å². The second-order valence-corrected chi connectivity index (χ2v) is 9.42. The van der Waals surface area contributed by atoms with Crippen LogP contribution >= 0.6 is 0 Å². The molecule has 3 nitrogen and oxygen atoms in total. The lowest BCUT2D eigenvalue weighted by atomic mass is 9.43. The molecule has 3 rings (SSSR count). The Hall–Kier alpha value is -0.670. The van der Waals surface area contributed by atoms with Gasteiger partial charge in [-0.2, -0.15) is 0 Å². The number of hydrogen-bond acceptors (Lipinski definition) is 3. The summed E-state index contributed by atoms with van der Waals surface area (Å²) >= 11 is 0. The Labute approximate surface area is 140 Å². The fourth-order valence-electron chi connectivity index (χ4n) is 6.45. The zero-order chi connectivity index (χ0) is 17.3. The van der Waals surface area contributed by atoms with E-state index in [-0.39, 0.29) is 22.5 Å². The predicted octanol–water partition coefficient (Wildman–Crippen LogP) is 3.89. The topological polar surface area (TPSA) is 46.5 Å². The van der Waals surface area contributed by atoms with Crippen LogP contribution in [-0.2, 0) is 9.53 Å². The number of carbonyl (C=O) groups excluding carboxylic acids is 1. The highest BCUT2D eigenvalue weighted by Crippen LogP contribution is 2.64. The summed E-state index contributed by atoms with van der Waals surface area (Å²) in [6.07, 6.45) is 5.55. The smallest absolute Gasteiger partial charge is 0.138 e. The van der Waals surface area contributed by atoms with Crippen molar-refractivity contribution in [3.05, 3.63) is 12.7 Å².